The fourth-order valence-corrected chi connectivity index (χ4v) is 2.01. The van der Waals surface area contributed by atoms with Crippen molar-refractivity contribution in [2.75, 3.05) is 11.1 Å². The number of phenolic OH excluding ortho intramolecular Hbond substituents is 1. The van der Waals surface area contributed by atoms with Gasteiger partial charge < -0.3 is 16.2 Å². The molecule has 1 amide bonds. The summed E-state index contributed by atoms with van der Waals surface area (Å²) in [6.07, 6.45) is 0. The lowest BCUT2D eigenvalue weighted by Crippen LogP contribution is -2.12. The average Bonchev–Trinajstić information content (AvgIpc) is 2.36. The highest BCUT2D eigenvalue weighted by atomic mass is 79.9. The van der Waals surface area contributed by atoms with Gasteiger partial charge in [0.05, 0.1) is 5.56 Å². The Hall–Kier alpha value is -2.01. The monoisotopic (exact) mass is 320 g/mol. The van der Waals surface area contributed by atoms with Crippen molar-refractivity contribution in [1.82, 2.24) is 0 Å². The number of carbonyl (C=O) groups is 1. The summed E-state index contributed by atoms with van der Waals surface area (Å²) in [6.45, 7) is 1.86. The number of nitrogens with one attached hydrogen (secondary N) is 1. The maximum atomic E-state index is 12.1. The Morgan fingerprint density at radius 1 is 1.26 bits per heavy atom. The Bertz CT molecular complexity index is 641. The molecule has 0 saturated carbocycles. The van der Waals surface area contributed by atoms with Gasteiger partial charge in [-0.05, 0) is 53.2 Å². The van der Waals surface area contributed by atoms with Crippen molar-refractivity contribution in [3.8, 4) is 5.75 Å². The molecule has 4 nitrogen and oxygen atoms in total. The molecule has 0 radical (unpaired) electrons. The van der Waals surface area contributed by atoms with Crippen LogP contribution in [0.15, 0.2) is 40.9 Å². The van der Waals surface area contributed by atoms with Crippen molar-refractivity contribution >= 4 is 33.2 Å². The molecule has 0 aromatic heterocycles. The van der Waals surface area contributed by atoms with E-state index in [4.69, 9.17) is 5.73 Å². The van der Waals surface area contributed by atoms with Crippen molar-refractivity contribution in [3.63, 3.8) is 0 Å². The van der Waals surface area contributed by atoms with Crippen LogP contribution in [-0.4, -0.2) is 11.0 Å². The van der Waals surface area contributed by atoms with Crippen LogP contribution in [0.5, 0.6) is 5.75 Å². The molecule has 98 valence electrons. The van der Waals surface area contributed by atoms with E-state index < -0.39 is 0 Å². The highest BCUT2D eigenvalue weighted by Crippen LogP contribution is 2.25. The number of hydrogen-bond acceptors (Lipinski definition) is 3. The second kappa shape index (κ2) is 5.32. The zero-order valence-corrected chi connectivity index (χ0v) is 11.9. The van der Waals surface area contributed by atoms with Crippen LogP contribution in [0.4, 0.5) is 11.4 Å². The molecule has 4 N–H and O–H groups in total. The molecule has 2 aromatic rings. The Labute approximate surface area is 119 Å². The van der Waals surface area contributed by atoms with E-state index in [1.54, 1.807) is 30.3 Å². The fourth-order valence-electron chi connectivity index (χ4n) is 1.64. The van der Waals surface area contributed by atoms with Crippen molar-refractivity contribution < 1.29 is 9.90 Å². The minimum absolute atomic E-state index is 0.0439. The molecule has 0 saturated heterocycles. The number of halogens is 1. The predicted molar refractivity (Wildman–Crippen MR) is 79.4 cm³/mol. The number of nitrogens with two attached hydrogens (primary N) is 1. The number of phenols is 1. The number of carbonyl (C=O) groups excluding carboxylic acids is 1. The van der Waals surface area contributed by atoms with E-state index in [1.807, 2.05) is 6.92 Å². The van der Waals surface area contributed by atoms with Crippen molar-refractivity contribution in [1.29, 1.82) is 0 Å². The molecular weight excluding hydrogens is 308 g/mol. The van der Waals surface area contributed by atoms with Gasteiger partial charge in [-0.3, -0.25) is 4.79 Å². The Kier molecular flexibility index (Phi) is 3.76. The van der Waals surface area contributed by atoms with Crippen molar-refractivity contribution in [3.05, 3.63) is 52.0 Å². The SMILES string of the molecule is Cc1ccc(O)c(C(=O)Nc2ccc(N)c(Br)c2)c1. The van der Waals surface area contributed by atoms with Crippen LogP contribution in [0.25, 0.3) is 0 Å². The first-order valence-electron chi connectivity index (χ1n) is 5.63. The van der Waals surface area contributed by atoms with Gasteiger partial charge in [0, 0.05) is 15.8 Å². The highest BCUT2D eigenvalue weighted by Gasteiger charge is 2.11. The summed E-state index contributed by atoms with van der Waals surface area (Å²) in [5.74, 6) is -0.407. The third-order valence-corrected chi connectivity index (χ3v) is 3.34. The number of anilines is 2. The molecule has 19 heavy (non-hydrogen) atoms. The molecule has 5 heteroatoms. The number of rotatable bonds is 2. The largest absolute Gasteiger partial charge is 0.507 e. The second-order valence-electron chi connectivity index (χ2n) is 4.21. The lowest BCUT2D eigenvalue weighted by Gasteiger charge is -2.08. The maximum absolute atomic E-state index is 12.1. The van der Waals surface area contributed by atoms with E-state index >= 15 is 0 Å². The van der Waals surface area contributed by atoms with Gasteiger partial charge >= 0.3 is 0 Å². The van der Waals surface area contributed by atoms with E-state index in [0.717, 1.165) is 5.56 Å². The summed E-state index contributed by atoms with van der Waals surface area (Å²) in [5, 5.41) is 12.4. The molecule has 0 unspecified atom stereocenters. The van der Waals surface area contributed by atoms with Crippen LogP contribution in [0.2, 0.25) is 0 Å². The molecule has 0 heterocycles. The molecule has 0 aliphatic rings. The molecule has 2 rings (SSSR count). The van der Waals surface area contributed by atoms with Crippen molar-refractivity contribution in [2.45, 2.75) is 6.92 Å². The number of nitrogen functional groups attached to an aromatic ring is 1. The first-order valence-corrected chi connectivity index (χ1v) is 6.42. The zero-order valence-electron chi connectivity index (χ0n) is 10.3. The normalized spacial score (nSPS) is 10.2. The summed E-state index contributed by atoms with van der Waals surface area (Å²) >= 11 is 3.29. The molecular formula is C14H13BrN2O2. The predicted octanol–water partition coefficient (Wildman–Crippen LogP) is 3.30. The van der Waals surface area contributed by atoms with E-state index in [2.05, 4.69) is 21.2 Å². The van der Waals surface area contributed by atoms with E-state index in [-0.39, 0.29) is 17.2 Å². The Balaban J connectivity index is 2.25. The first-order chi connectivity index (χ1) is 8.97. The topological polar surface area (TPSA) is 75.3 Å². The fraction of sp³-hybridized carbons (Fsp3) is 0.0714. The third kappa shape index (κ3) is 3.06. The molecule has 0 spiro atoms. The minimum Gasteiger partial charge on any atom is -0.507 e. The summed E-state index contributed by atoms with van der Waals surface area (Å²) in [6, 6.07) is 9.98. The number of aromatic hydroxyl groups is 1. The average molecular weight is 321 g/mol. The van der Waals surface area contributed by atoms with Crippen LogP contribution in [0.3, 0.4) is 0 Å². The van der Waals surface area contributed by atoms with Gasteiger partial charge in [0.2, 0.25) is 0 Å². The quantitative estimate of drug-likeness (QED) is 0.743. The standard InChI is InChI=1S/C14H13BrN2O2/c1-8-2-5-13(18)10(6-8)14(19)17-9-3-4-12(16)11(15)7-9/h2-7,18H,16H2,1H3,(H,17,19). The molecule has 0 bridgehead atoms. The molecule has 0 fully saturated rings. The van der Waals surface area contributed by atoms with Crippen LogP contribution in [-0.2, 0) is 0 Å². The number of benzene rings is 2. The Morgan fingerprint density at radius 3 is 2.68 bits per heavy atom. The van der Waals surface area contributed by atoms with Gasteiger partial charge in [-0.1, -0.05) is 11.6 Å². The maximum Gasteiger partial charge on any atom is 0.259 e. The van der Waals surface area contributed by atoms with Gasteiger partial charge in [0.1, 0.15) is 5.75 Å². The summed E-state index contributed by atoms with van der Waals surface area (Å²) in [4.78, 5) is 12.1. The van der Waals surface area contributed by atoms with Gasteiger partial charge in [-0.2, -0.15) is 0 Å². The van der Waals surface area contributed by atoms with Crippen LogP contribution in [0.1, 0.15) is 15.9 Å². The lowest BCUT2D eigenvalue weighted by molar-refractivity contribution is 0.102. The van der Waals surface area contributed by atoms with E-state index in [9.17, 15) is 9.90 Å². The van der Waals surface area contributed by atoms with Gasteiger partial charge in [-0.25, -0.2) is 0 Å². The molecule has 2 aromatic carbocycles. The third-order valence-electron chi connectivity index (χ3n) is 2.66. The highest BCUT2D eigenvalue weighted by molar-refractivity contribution is 9.10. The minimum atomic E-state index is -0.363. The first kappa shape index (κ1) is 13.4. The van der Waals surface area contributed by atoms with Crippen LogP contribution in [0, 0.1) is 6.92 Å². The van der Waals surface area contributed by atoms with Gasteiger partial charge in [0.15, 0.2) is 0 Å². The van der Waals surface area contributed by atoms with E-state index in [0.29, 0.717) is 15.8 Å². The molecule has 0 aliphatic carbocycles. The number of hydrogen-bond donors (Lipinski definition) is 3. The zero-order chi connectivity index (χ0) is 14.0. The number of aryl methyl sites for hydroxylation is 1. The molecule has 0 aliphatic heterocycles. The lowest BCUT2D eigenvalue weighted by atomic mass is 10.1. The van der Waals surface area contributed by atoms with Gasteiger partial charge in [-0.15, -0.1) is 0 Å². The summed E-state index contributed by atoms with van der Waals surface area (Å²) in [7, 11) is 0. The van der Waals surface area contributed by atoms with Crippen LogP contribution < -0.4 is 11.1 Å². The summed E-state index contributed by atoms with van der Waals surface area (Å²) < 4.78 is 0.707. The summed E-state index contributed by atoms with van der Waals surface area (Å²) in [5.41, 5.74) is 8.02. The molecule has 0 atom stereocenters. The number of amides is 1. The Morgan fingerprint density at radius 2 is 2.00 bits per heavy atom. The van der Waals surface area contributed by atoms with Gasteiger partial charge in [0.25, 0.3) is 5.91 Å². The van der Waals surface area contributed by atoms with E-state index in [1.165, 1.54) is 6.07 Å². The van der Waals surface area contributed by atoms with Crippen LogP contribution >= 0.6 is 15.9 Å². The smallest absolute Gasteiger partial charge is 0.259 e. The second-order valence-corrected chi connectivity index (χ2v) is 5.07. The van der Waals surface area contributed by atoms with Crippen molar-refractivity contribution in [2.24, 2.45) is 0 Å².